The fraction of sp³-hybridized carbons (Fsp3) is 0.235. The maximum absolute atomic E-state index is 13.2. The molecule has 0 aliphatic heterocycles. The Morgan fingerprint density at radius 1 is 1.30 bits per heavy atom. The molecule has 142 valence electrons. The van der Waals surface area contributed by atoms with E-state index >= 15 is 0 Å². The fourth-order valence-corrected chi connectivity index (χ4v) is 2.96. The van der Waals surface area contributed by atoms with Crippen LogP contribution in [0.25, 0.3) is 0 Å². The van der Waals surface area contributed by atoms with Gasteiger partial charge in [0.1, 0.15) is 18.1 Å². The van der Waals surface area contributed by atoms with Crippen LogP contribution in [0.5, 0.6) is 0 Å². The lowest BCUT2D eigenvalue weighted by atomic mass is 10.2. The maximum atomic E-state index is 13.2. The van der Waals surface area contributed by atoms with E-state index in [2.05, 4.69) is 31.4 Å². The Balaban J connectivity index is 1.64. The molecule has 3 aromatic rings. The molecule has 0 aliphatic rings. The monoisotopic (exact) mass is 441 g/mol. The number of carbonyl (C=O) groups is 1. The van der Waals surface area contributed by atoms with Gasteiger partial charge < -0.3 is 5.32 Å². The first-order chi connectivity index (χ1) is 12.8. The summed E-state index contributed by atoms with van der Waals surface area (Å²) in [6.07, 6.45) is -1.09. The Morgan fingerprint density at radius 3 is 2.74 bits per heavy atom. The van der Waals surface area contributed by atoms with Gasteiger partial charge in [-0.05, 0) is 40.5 Å². The molecule has 3 rings (SSSR count). The van der Waals surface area contributed by atoms with Crippen molar-refractivity contribution in [2.45, 2.75) is 26.4 Å². The average molecular weight is 442 g/mol. The van der Waals surface area contributed by atoms with E-state index < -0.39 is 18.0 Å². The van der Waals surface area contributed by atoms with E-state index in [1.807, 2.05) is 0 Å². The smallest absolute Gasteiger partial charge is 0.283 e. The molecule has 0 spiro atoms. The highest BCUT2D eigenvalue weighted by Crippen LogP contribution is 2.28. The average Bonchev–Trinajstić information content (AvgIpc) is 3.14. The molecule has 0 saturated carbocycles. The third-order valence-corrected chi connectivity index (χ3v) is 4.78. The highest BCUT2D eigenvalue weighted by atomic mass is 79.9. The molecule has 0 saturated heterocycles. The van der Waals surface area contributed by atoms with Crippen LogP contribution in [0.1, 0.15) is 23.4 Å². The Bertz CT molecular complexity index is 969. The first kappa shape index (κ1) is 19.2. The third-order valence-electron chi connectivity index (χ3n) is 3.80. The summed E-state index contributed by atoms with van der Waals surface area (Å²) in [5, 5.41) is 10.5. The van der Waals surface area contributed by atoms with Crippen molar-refractivity contribution < 1.29 is 18.0 Å². The third kappa shape index (κ3) is 4.57. The van der Waals surface area contributed by atoms with Crippen molar-refractivity contribution in [2.75, 3.05) is 5.32 Å². The van der Waals surface area contributed by atoms with Gasteiger partial charge in [-0.25, -0.2) is 13.2 Å². The highest BCUT2D eigenvalue weighted by Gasteiger charge is 2.21. The van der Waals surface area contributed by atoms with Crippen molar-refractivity contribution in [2.24, 2.45) is 0 Å². The molecule has 6 nitrogen and oxygen atoms in total. The predicted octanol–water partition coefficient (Wildman–Crippen LogP) is 3.91. The number of nitrogens with zero attached hydrogens (tertiary/aromatic N) is 4. The number of rotatable bonds is 6. The fourth-order valence-electron chi connectivity index (χ4n) is 2.50. The van der Waals surface area contributed by atoms with Gasteiger partial charge in [0.25, 0.3) is 6.43 Å². The van der Waals surface area contributed by atoms with Gasteiger partial charge in [-0.15, -0.1) is 0 Å². The Kier molecular flexibility index (Phi) is 5.64. The molecular formula is C17H15BrF3N5O. The Labute approximate surface area is 161 Å². The molecule has 0 fully saturated rings. The summed E-state index contributed by atoms with van der Waals surface area (Å²) >= 11 is 3.06. The van der Waals surface area contributed by atoms with E-state index in [9.17, 15) is 18.0 Å². The number of aromatic nitrogens is 4. The van der Waals surface area contributed by atoms with Gasteiger partial charge in [0.05, 0.1) is 16.7 Å². The van der Waals surface area contributed by atoms with E-state index in [-0.39, 0.29) is 16.8 Å². The zero-order valence-corrected chi connectivity index (χ0v) is 15.8. The molecule has 0 bridgehead atoms. The van der Waals surface area contributed by atoms with Crippen LogP contribution in [0.15, 0.2) is 41.0 Å². The van der Waals surface area contributed by atoms with Crippen molar-refractivity contribution in [1.29, 1.82) is 0 Å². The van der Waals surface area contributed by atoms with Crippen LogP contribution in [0.2, 0.25) is 0 Å². The minimum Gasteiger partial charge on any atom is -0.308 e. The second-order valence-corrected chi connectivity index (χ2v) is 6.61. The molecule has 0 unspecified atom stereocenters. The molecule has 1 aromatic carbocycles. The molecule has 27 heavy (non-hydrogen) atoms. The zero-order valence-electron chi connectivity index (χ0n) is 14.2. The number of halogens is 4. The SMILES string of the molecule is Cc1c(Br)c(C(F)F)nn1CC(=O)Nc1ccn(Cc2cccc(F)c2)n1. The normalized spacial score (nSPS) is 11.2. The summed E-state index contributed by atoms with van der Waals surface area (Å²) in [6, 6.07) is 7.72. The number of anilines is 1. The number of amides is 1. The van der Waals surface area contributed by atoms with Gasteiger partial charge in [-0.3, -0.25) is 14.2 Å². The van der Waals surface area contributed by atoms with Crippen molar-refractivity contribution in [3.8, 4) is 0 Å². The van der Waals surface area contributed by atoms with Crippen LogP contribution in [0.3, 0.4) is 0 Å². The molecule has 0 radical (unpaired) electrons. The Morgan fingerprint density at radius 2 is 2.07 bits per heavy atom. The molecule has 1 N–H and O–H groups in total. The second kappa shape index (κ2) is 7.95. The van der Waals surface area contributed by atoms with Crippen molar-refractivity contribution in [3.63, 3.8) is 0 Å². The first-order valence-electron chi connectivity index (χ1n) is 7.92. The van der Waals surface area contributed by atoms with Gasteiger partial charge in [0.15, 0.2) is 5.82 Å². The van der Waals surface area contributed by atoms with E-state index in [0.717, 1.165) is 5.56 Å². The number of carbonyl (C=O) groups excluding carboxylic acids is 1. The standard InChI is InChI=1S/C17H15BrF3N5O/c1-10-15(18)16(17(20)21)24-26(10)9-14(27)22-13-5-6-25(23-13)8-11-3-2-4-12(19)7-11/h2-7,17H,8-9H2,1H3,(H,22,23,27). The molecule has 0 aliphatic carbocycles. The Hall–Kier alpha value is -2.62. The molecule has 2 heterocycles. The molecule has 10 heteroatoms. The molecule has 1 amide bonds. The van der Waals surface area contributed by atoms with Gasteiger partial charge in [-0.2, -0.15) is 10.2 Å². The summed E-state index contributed by atoms with van der Waals surface area (Å²) in [5.74, 6) is -0.489. The largest absolute Gasteiger partial charge is 0.308 e. The minimum absolute atomic E-state index is 0.185. The summed E-state index contributed by atoms with van der Waals surface area (Å²) in [5.41, 5.74) is 0.754. The van der Waals surface area contributed by atoms with E-state index in [4.69, 9.17) is 0 Å². The zero-order chi connectivity index (χ0) is 19.6. The lowest BCUT2D eigenvalue weighted by Gasteiger charge is -2.05. The molecule has 2 aromatic heterocycles. The van der Waals surface area contributed by atoms with E-state index in [0.29, 0.717) is 18.1 Å². The maximum Gasteiger partial charge on any atom is 0.283 e. The minimum atomic E-state index is -2.74. The molecule has 0 atom stereocenters. The summed E-state index contributed by atoms with van der Waals surface area (Å²) in [4.78, 5) is 12.2. The highest BCUT2D eigenvalue weighted by molar-refractivity contribution is 9.10. The summed E-state index contributed by atoms with van der Waals surface area (Å²) < 4.78 is 41.9. The van der Waals surface area contributed by atoms with E-state index in [1.54, 1.807) is 36.0 Å². The van der Waals surface area contributed by atoms with E-state index in [1.165, 1.54) is 16.8 Å². The molecular weight excluding hydrogens is 427 g/mol. The number of benzene rings is 1. The number of hydrogen-bond donors (Lipinski definition) is 1. The topological polar surface area (TPSA) is 64.7 Å². The van der Waals surface area contributed by atoms with Crippen LogP contribution >= 0.6 is 15.9 Å². The van der Waals surface area contributed by atoms with Gasteiger partial charge in [0.2, 0.25) is 5.91 Å². The van der Waals surface area contributed by atoms with Crippen LogP contribution < -0.4 is 5.32 Å². The van der Waals surface area contributed by atoms with Crippen molar-refractivity contribution >= 4 is 27.7 Å². The lowest BCUT2D eigenvalue weighted by molar-refractivity contribution is -0.117. The predicted molar refractivity (Wildman–Crippen MR) is 96.0 cm³/mol. The van der Waals surface area contributed by atoms with Gasteiger partial charge in [-0.1, -0.05) is 12.1 Å². The van der Waals surface area contributed by atoms with Gasteiger partial charge in [0, 0.05) is 12.3 Å². The second-order valence-electron chi connectivity index (χ2n) is 5.82. The number of nitrogens with one attached hydrogen (secondary N) is 1. The summed E-state index contributed by atoms with van der Waals surface area (Å²) in [7, 11) is 0. The number of alkyl halides is 2. The quantitative estimate of drug-likeness (QED) is 0.630. The van der Waals surface area contributed by atoms with Crippen molar-refractivity contribution in [3.05, 3.63) is 63.8 Å². The van der Waals surface area contributed by atoms with Crippen LogP contribution in [-0.4, -0.2) is 25.5 Å². The summed E-state index contributed by atoms with van der Waals surface area (Å²) in [6.45, 7) is 1.70. The first-order valence-corrected chi connectivity index (χ1v) is 8.71. The van der Waals surface area contributed by atoms with Crippen molar-refractivity contribution in [1.82, 2.24) is 19.6 Å². The van der Waals surface area contributed by atoms with Crippen LogP contribution in [0, 0.1) is 12.7 Å². The number of hydrogen-bond acceptors (Lipinski definition) is 3. The lowest BCUT2D eigenvalue weighted by Crippen LogP contribution is -2.20. The van der Waals surface area contributed by atoms with Crippen LogP contribution in [0.4, 0.5) is 19.0 Å². The van der Waals surface area contributed by atoms with Crippen LogP contribution in [-0.2, 0) is 17.9 Å². The van der Waals surface area contributed by atoms with Gasteiger partial charge >= 0.3 is 0 Å².